The topological polar surface area (TPSA) is 62.3 Å². The molecule has 0 bridgehead atoms. The van der Waals surface area contributed by atoms with E-state index in [9.17, 15) is 18.4 Å². The van der Waals surface area contributed by atoms with Crippen LogP contribution in [0.3, 0.4) is 0 Å². The van der Waals surface area contributed by atoms with Gasteiger partial charge in [-0.2, -0.15) is 0 Å². The summed E-state index contributed by atoms with van der Waals surface area (Å²) in [5.41, 5.74) is -0.463. The number of unbranched alkanes of at least 4 members (excludes halogenated alkanes) is 1. The van der Waals surface area contributed by atoms with Gasteiger partial charge < -0.3 is 10.2 Å². The zero-order chi connectivity index (χ0) is 16.1. The summed E-state index contributed by atoms with van der Waals surface area (Å²) in [5.74, 6) is -2.09. The molecule has 1 fully saturated rings. The molecule has 1 atom stereocenters. The third-order valence-corrected chi connectivity index (χ3v) is 4.30. The molecule has 0 aromatic carbocycles. The lowest BCUT2D eigenvalue weighted by Gasteiger charge is -2.22. The van der Waals surface area contributed by atoms with Gasteiger partial charge in [0.2, 0.25) is 5.91 Å². The molecule has 22 heavy (non-hydrogen) atoms. The highest BCUT2D eigenvalue weighted by atomic mass is 32.2. The van der Waals surface area contributed by atoms with Gasteiger partial charge in [0.25, 0.3) is 5.91 Å². The van der Waals surface area contributed by atoms with Gasteiger partial charge in [-0.3, -0.25) is 9.59 Å². The first-order valence-corrected chi connectivity index (χ1v) is 8.17. The Labute approximate surface area is 131 Å². The molecule has 1 aromatic rings. The Bertz CT molecular complexity index is 571. The summed E-state index contributed by atoms with van der Waals surface area (Å²) in [4.78, 5) is 29.2. The second-order valence-corrected chi connectivity index (χ2v) is 5.92. The largest absolute Gasteiger partial charge is 0.354 e. The summed E-state index contributed by atoms with van der Waals surface area (Å²) in [6.45, 7) is 2.55. The standard InChI is InChI=1S/C14H17F2N3O2S/c1-2-3-4-17-13(20)11-7-22-8-19(11)14(21)12-10(16)5-9(15)6-18-12/h5-6,11H,2-4,7-8H2,1H3,(H,17,20). The highest BCUT2D eigenvalue weighted by molar-refractivity contribution is 7.99. The SMILES string of the molecule is CCCCNC(=O)C1CSCN1C(=O)c1ncc(F)cc1F. The molecule has 0 aliphatic carbocycles. The van der Waals surface area contributed by atoms with Crippen LogP contribution in [0.1, 0.15) is 30.3 Å². The number of hydrogen-bond acceptors (Lipinski definition) is 4. The van der Waals surface area contributed by atoms with Gasteiger partial charge in [-0.25, -0.2) is 13.8 Å². The van der Waals surface area contributed by atoms with E-state index >= 15 is 0 Å². The number of hydrogen-bond donors (Lipinski definition) is 1. The molecule has 1 saturated heterocycles. The Morgan fingerprint density at radius 1 is 1.50 bits per heavy atom. The van der Waals surface area contributed by atoms with E-state index in [-0.39, 0.29) is 11.8 Å². The molecule has 0 saturated carbocycles. The zero-order valence-electron chi connectivity index (χ0n) is 12.1. The molecule has 1 aliphatic heterocycles. The minimum atomic E-state index is -1.02. The van der Waals surface area contributed by atoms with Gasteiger partial charge in [-0.15, -0.1) is 11.8 Å². The molecule has 1 N–H and O–H groups in total. The maximum atomic E-state index is 13.7. The van der Waals surface area contributed by atoms with Crippen molar-refractivity contribution < 1.29 is 18.4 Å². The number of thioether (sulfide) groups is 1. The molecule has 1 aliphatic rings. The van der Waals surface area contributed by atoms with Crippen molar-refractivity contribution >= 4 is 23.6 Å². The number of aromatic nitrogens is 1. The monoisotopic (exact) mass is 329 g/mol. The smallest absolute Gasteiger partial charge is 0.276 e. The van der Waals surface area contributed by atoms with E-state index < -0.39 is 29.3 Å². The van der Waals surface area contributed by atoms with E-state index in [1.807, 2.05) is 6.92 Å². The Hall–Kier alpha value is -1.70. The second kappa shape index (κ2) is 7.53. The van der Waals surface area contributed by atoms with Gasteiger partial charge in [0, 0.05) is 18.4 Å². The summed E-state index contributed by atoms with van der Waals surface area (Å²) in [5, 5.41) is 2.77. The third kappa shape index (κ3) is 3.73. The van der Waals surface area contributed by atoms with Crippen molar-refractivity contribution in [2.75, 3.05) is 18.2 Å². The number of pyridine rings is 1. The first-order valence-electron chi connectivity index (χ1n) is 7.02. The molecular weight excluding hydrogens is 312 g/mol. The maximum Gasteiger partial charge on any atom is 0.276 e. The molecule has 0 radical (unpaired) electrons. The fourth-order valence-electron chi connectivity index (χ4n) is 2.07. The number of halogens is 2. The predicted octanol–water partition coefficient (Wildman–Crippen LogP) is 1.79. The van der Waals surface area contributed by atoms with Crippen LogP contribution in [0.15, 0.2) is 12.3 Å². The average Bonchev–Trinajstić information content (AvgIpc) is 2.96. The number of nitrogens with zero attached hydrogens (tertiary/aromatic N) is 2. The lowest BCUT2D eigenvalue weighted by molar-refractivity contribution is -0.124. The van der Waals surface area contributed by atoms with E-state index in [2.05, 4.69) is 10.3 Å². The molecule has 5 nitrogen and oxygen atoms in total. The van der Waals surface area contributed by atoms with E-state index in [4.69, 9.17) is 0 Å². The van der Waals surface area contributed by atoms with Crippen LogP contribution in [0.4, 0.5) is 8.78 Å². The Balaban J connectivity index is 2.09. The molecule has 2 heterocycles. The summed E-state index contributed by atoms with van der Waals surface area (Å²) >= 11 is 1.41. The molecule has 1 unspecified atom stereocenters. The van der Waals surface area contributed by atoms with Crippen LogP contribution in [0.2, 0.25) is 0 Å². The van der Waals surface area contributed by atoms with Gasteiger partial charge in [-0.05, 0) is 6.42 Å². The molecule has 2 amide bonds. The molecule has 1 aromatic heterocycles. The van der Waals surface area contributed by atoms with E-state index in [1.54, 1.807) is 0 Å². The fraction of sp³-hybridized carbons (Fsp3) is 0.500. The highest BCUT2D eigenvalue weighted by Gasteiger charge is 2.36. The molecule has 2 rings (SSSR count). The minimum absolute atomic E-state index is 0.255. The normalized spacial score (nSPS) is 17.6. The maximum absolute atomic E-state index is 13.7. The molecule has 8 heteroatoms. The zero-order valence-corrected chi connectivity index (χ0v) is 13.0. The Morgan fingerprint density at radius 2 is 2.27 bits per heavy atom. The minimum Gasteiger partial charge on any atom is -0.354 e. The first kappa shape index (κ1) is 16.7. The summed E-state index contributed by atoms with van der Waals surface area (Å²) in [7, 11) is 0. The van der Waals surface area contributed by atoms with E-state index in [0.29, 0.717) is 18.4 Å². The van der Waals surface area contributed by atoms with Crippen LogP contribution in [-0.2, 0) is 4.79 Å². The van der Waals surface area contributed by atoms with Crippen LogP contribution < -0.4 is 5.32 Å². The summed E-state index contributed by atoms with van der Waals surface area (Å²) in [6, 6.07) is -0.0413. The van der Waals surface area contributed by atoms with Crippen LogP contribution in [0.25, 0.3) is 0 Å². The van der Waals surface area contributed by atoms with Crippen molar-refractivity contribution in [2.45, 2.75) is 25.8 Å². The molecule has 0 spiro atoms. The summed E-state index contributed by atoms with van der Waals surface area (Å²) < 4.78 is 26.5. The van der Waals surface area contributed by atoms with Gasteiger partial charge >= 0.3 is 0 Å². The molecular formula is C14H17F2N3O2S. The number of carbonyl (C=O) groups excluding carboxylic acids is 2. The van der Waals surface area contributed by atoms with Crippen molar-refractivity contribution in [1.82, 2.24) is 15.2 Å². The summed E-state index contributed by atoms with van der Waals surface area (Å²) in [6.07, 6.45) is 2.59. The Kier molecular flexibility index (Phi) is 5.70. The van der Waals surface area contributed by atoms with Gasteiger partial charge in [-0.1, -0.05) is 13.3 Å². The van der Waals surface area contributed by atoms with Crippen LogP contribution in [-0.4, -0.2) is 45.9 Å². The van der Waals surface area contributed by atoms with Crippen molar-refractivity contribution in [3.05, 3.63) is 29.6 Å². The second-order valence-electron chi connectivity index (χ2n) is 4.92. The average molecular weight is 329 g/mol. The van der Waals surface area contributed by atoms with Gasteiger partial charge in [0.05, 0.1) is 12.1 Å². The van der Waals surface area contributed by atoms with Crippen molar-refractivity contribution in [1.29, 1.82) is 0 Å². The Morgan fingerprint density at radius 3 is 2.95 bits per heavy atom. The quantitative estimate of drug-likeness (QED) is 0.837. The van der Waals surface area contributed by atoms with Crippen LogP contribution in [0, 0.1) is 11.6 Å². The van der Waals surface area contributed by atoms with Crippen molar-refractivity contribution in [3.63, 3.8) is 0 Å². The van der Waals surface area contributed by atoms with E-state index in [1.165, 1.54) is 16.7 Å². The van der Waals surface area contributed by atoms with E-state index in [0.717, 1.165) is 19.0 Å². The highest BCUT2D eigenvalue weighted by Crippen LogP contribution is 2.23. The van der Waals surface area contributed by atoms with Gasteiger partial charge in [0.15, 0.2) is 11.5 Å². The lowest BCUT2D eigenvalue weighted by atomic mass is 10.2. The number of rotatable bonds is 5. The van der Waals surface area contributed by atoms with Crippen LogP contribution >= 0.6 is 11.8 Å². The third-order valence-electron chi connectivity index (χ3n) is 3.29. The fourth-order valence-corrected chi connectivity index (χ4v) is 3.23. The molecule has 120 valence electrons. The van der Waals surface area contributed by atoms with Crippen molar-refractivity contribution in [2.24, 2.45) is 0 Å². The number of carbonyl (C=O) groups is 2. The first-order chi connectivity index (χ1) is 10.5. The predicted molar refractivity (Wildman–Crippen MR) is 79.4 cm³/mol. The van der Waals surface area contributed by atoms with Gasteiger partial charge in [0.1, 0.15) is 11.9 Å². The lowest BCUT2D eigenvalue weighted by Crippen LogP contribution is -2.47. The number of amides is 2. The van der Waals surface area contributed by atoms with Crippen LogP contribution in [0.5, 0.6) is 0 Å². The van der Waals surface area contributed by atoms with Crippen molar-refractivity contribution in [3.8, 4) is 0 Å². The number of nitrogens with one attached hydrogen (secondary N) is 1.